The van der Waals surface area contributed by atoms with Crippen LogP contribution in [0.2, 0.25) is 0 Å². The summed E-state index contributed by atoms with van der Waals surface area (Å²) in [5.41, 5.74) is 0.298. The molecule has 0 N–H and O–H groups in total. The van der Waals surface area contributed by atoms with E-state index in [0.717, 1.165) is 5.71 Å². The summed E-state index contributed by atoms with van der Waals surface area (Å²) in [4.78, 5) is 13.2. The number of carbonyl (C=O) groups excluding carboxylic acids is 1. The molecular formula is C12H22N2O3S. The molecule has 0 saturated carbocycles. The lowest BCUT2D eigenvalue weighted by atomic mass is 10.2. The largest absolute Gasteiger partial charge is 0.444 e. The molecule has 18 heavy (non-hydrogen) atoms. The Bertz CT molecular complexity index is 383. The van der Waals surface area contributed by atoms with Crippen molar-refractivity contribution in [3.8, 4) is 0 Å². The summed E-state index contributed by atoms with van der Waals surface area (Å²) in [5.74, 6) is 0. The fraction of sp³-hybridized carbons (Fsp3) is 0.833. The highest BCUT2D eigenvalue weighted by Crippen LogP contribution is 2.17. The van der Waals surface area contributed by atoms with Gasteiger partial charge in [-0.3, -0.25) is 4.90 Å². The lowest BCUT2D eigenvalue weighted by molar-refractivity contribution is 0.0265. The van der Waals surface area contributed by atoms with E-state index < -0.39 is 16.6 Å². The van der Waals surface area contributed by atoms with E-state index in [4.69, 9.17) is 4.74 Å². The molecule has 0 aromatic carbocycles. The first-order chi connectivity index (χ1) is 7.99. The van der Waals surface area contributed by atoms with E-state index in [2.05, 4.69) is 4.40 Å². The van der Waals surface area contributed by atoms with Gasteiger partial charge in [0, 0.05) is 0 Å². The summed E-state index contributed by atoms with van der Waals surface area (Å²) in [7, 11) is -1.25. The molecule has 0 aliphatic carbocycles. The molecule has 1 rings (SSSR count). The van der Waals surface area contributed by atoms with Crippen LogP contribution in [0.25, 0.3) is 0 Å². The molecule has 1 heterocycles. The van der Waals surface area contributed by atoms with Crippen LogP contribution in [0.1, 0.15) is 41.5 Å². The molecule has 1 fully saturated rings. The average molecular weight is 274 g/mol. The van der Waals surface area contributed by atoms with Gasteiger partial charge in [0.15, 0.2) is 0 Å². The lowest BCUT2D eigenvalue weighted by Crippen LogP contribution is -2.52. The second-order valence-electron chi connectivity index (χ2n) is 6.36. The Morgan fingerprint density at radius 2 is 1.72 bits per heavy atom. The SMILES string of the molecule is CC(C)(C)OC(=O)N1CC(=N[S@](=O)C(C)(C)C)C1. The fourth-order valence-corrected chi connectivity index (χ4v) is 1.79. The van der Waals surface area contributed by atoms with Gasteiger partial charge < -0.3 is 4.74 Å². The van der Waals surface area contributed by atoms with Crippen LogP contribution in [0, 0.1) is 0 Å². The van der Waals surface area contributed by atoms with Gasteiger partial charge in [0.05, 0.1) is 23.5 Å². The first kappa shape index (κ1) is 15.1. The number of hydrogen-bond acceptors (Lipinski definition) is 3. The summed E-state index contributed by atoms with van der Waals surface area (Å²) < 4.78 is 20.7. The first-order valence-corrected chi connectivity index (χ1v) is 7.06. The molecule has 1 aliphatic heterocycles. The summed E-state index contributed by atoms with van der Waals surface area (Å²) in [5, 5.41) is 0. The van der Waals surface area contributed by atoms with Crippen LogP contribution in [0.15, 0.2) is 4.40 Å². The van der Waals surface area contributed by atoms with Crippen molar-refractivity contribution in [3.63, 3.8) is 0 Å². The molecule has 0 aromatic heterocycles. The van der Waals surface area contributed by atoms with Crippen LogP contribution in [0.4, 0.5) is 4.79 Å². The van der Waals surface area contributed by atoms with Gasteiger partial charge in [0.2, 0.25) is 0 Å². The molecule has 0 aromatic rings. The van der Waals surface area contributed by atoms with Gasteiger partial charge in [0.25, 0.3) is 0 Å². The molecule has 1 saturated heterocycles. The summed E-state index contributed by atoms with van der Waals surface area (Å²) >= 11 is 0. The van der Waals surface area contributed by atoms with Crippen molar-refractivity contribution in [1.29, 1.82) is 0 Å². The Morgan fingerprint density at radius 3 is 2.11 bits per heavy atom. The topological polar surface area (TPSA) is 59.0 Å². The van der Waals surface area contributed by atoms with E-state index in [0.29, 0.717) is 13.1 Å². The molecule has 1 atom stereocenters. The first-order valence-electron chi connectivity index (χ1n) is 5.95. The van der Waals surface area contributed by atoms with Crippen molar-refractivity contribution in [3.05, 3.63) is 0 Å². The summed E-state index contributed by atoms with van der Waals surface area (Å²) in [6.07, 6.45) is -0.344. The van der Waals surface area contributed by atoms with E-state index in [1.165, 1.54) is 0 Å². The van der Waals surface area contributed by atoms with E-state index in [-0.39, 0.29) is 10.8 Å². The quantitative estimate of drug-likeness (QED) is 0.736. The highest BCUT2D eigenvalue weighted by atomic mass is 32.2. The third-order valence-corrected chi connectivity index (χ3v) is 3.61. The number of amides is 1. The minimum atomic E-state index is -1.25. The third-order valence-electron chi connectivity index (χ3n) is 2.13. The van der Waals surface area contributed by atoms with Gasteiger partial charge in [-0.2, -0.15) is 4.40 Å². The Labute approximate surface area is 111 Å². The number of ether oxygens (including phenoxy) is 1. The predicted octanol–water partition coefficient (Wildman–Crippen LogP) is 2.14. The Hall–Kier alpha value is -0.910. The van der Waals surface area contributed by atoms with Gasteiger partial charge in [0.1, 0.15) is 16.6 Å². The minimum Gasteiger partial charge on any atom is -0.444 e. The van der Waals surface area contributed by atoms with Crippen LogP contribution in [-0.4, -0.2) is 44.4 Å². The number of rotatable bonds is 1. The molecule has 104 valence electrons. The maximum atomic E-state index is 11.8. The lowest BCUT2D eigenvalue weighted by Gasteiger charge is -2.34. The maximum Gasteiger partial charge on any atom is 0.410 e. The van der Waals surface area contributed by atoms with Crippen LogP contribution in [-0.2, 0) is 15.7 Å². The molecular weight excluding hydrogens is 252 g/mol. The van der Waals surface area contributed by atoms with E-state index in [1.54, 1.807) is 4.90 Å². The van der Waals surface area contributed by atoms with Crippen LogP contribution in [0.5, 0.6) is 0 Å². The Balaban J connectivity index is 2.48. The molecule has 1 amide bonds. The summed E-state index contributed by atoms with van der Waals surface area (Å²) in [6.45, 7) is 11.9. The number of likely N-dealkylation sites (tertiary alicyclic amines) is 1. The van der Waals surface area contributed by atoms with Gasteiger partial charge >= 0.3 is 6.09 Å². The zero-order chi connectivity index (χ0) is 14.1. The molecule has 1 aliphatic rings. The molecule has 0 bridgehead atoms. The van der Waals surface area contributed by atoms with Crippen LogP contribution in [0.3, 0.4) is 0 Å². The molecule has 0 unspecified atom stereocenters. The van der Waals surface area contributed by atoms with Crippen molar-refractivity contribution in [2.24, 2.45) is 4.40 Å². The maximum absolute atomic E-state index is 11.8. The van der Waals surface area contributed by atoms with Crippen molar-refractivity contribution in [2.45, 2.75) is 51.9 Å². The zero-order valence-electron chi connectivity index (χ0n) is 11.9. The summed E-state index contributed by atoms with van der Waals surface area (Å²) in [6, 6.07) is 0. The van der Waals surface area contributed by atoms with Crippen LogP contribution < -0.4 is 0 Å². The average Bonchev–Trinajstić information content (AvgIpc) is 2.04. The van der Waals surface area contributed by atoms with Gasteiger partial charge in [-0.1, -0.05) is 0 Å². The van der Waals surface area contributed by atoms with Crippen molar-refractivity contribution >= 4 is 22.8 Å². The monoisotopic (exact) mass is 274 g/mol. The Morgan fingerprint density at radius 1 is 1.22 bits per heavy atom. The van der Waals surface area contributed by atoms with Gasteiger partial charge in [-0.05, 0) is 41.5 Å². The number of hydrogen-bond donors (Lipinski definition) is 0. The molecule has 0 radical (unpaired) electrons. The molecule has 0 spiro atoms. The minimum absolute atomic E-state index is 0.344. The predicted molar refractivity (Wildman–Crippen MR) is 73.1 cm³/mol. The third kappa shape index (κ3) is 4.40. The smallest absolute Gasteiger partial charge is 0.410 e. The number of carbonyl (C=O) groups is 1. The second-order valence-corrected chi connectivity index (χ2v) is 8.26. The fourth-order valence-electron chi connectivity index (χ4n) is 1.16. The van der Waals surface area contributed by atoms with Crippen molar-refractivity contribution in [1.82, 2.24) is 4.90 Å². The zero-order valence-corrected chi connectivity index (χ0v) is 12.8. The van der Waals surface area contributed by atoms with Crippen LogP contribution >= 0.6 is 0 Å². The standard InChI is InChI=1S/C12H22N2O3S/c1-11(2,3)17-10(15)14-7-9(8-14)13-18(16)12(4,5)6/h7-8H2,1-6H3/t18-/m1/s1. The number of nitrogens with zero attached hydrogens (tertiary/aromatic N) is 2. The highest BCUT2D eigenvalue weighted by molar-refractivity contribution is 7.85. The van der Waals surface area contributed by atoms with E-state index in [1.807, 2.05) is 41.5 Å². The Kier molecular flexibility index (Phi) is 4.20. The van der Waals surface area contributed by atoms with Crippen molar-refractivity contribution in [2.75, 3.05) is 13.1 Å². The highest BCUT2D eigenvalue weighted by Gasteiger charge is 2.32. The second kappa shape index (κ2) is 4.99. The molecule has 5 nitrogen and oxygen atoms in total. The van der Waals surface area contributed by atoms with E-state index in [9.17, 15) is 9.00 Å². The van der Waals surface area contributed by atoms with E-state index >= 15 is 0 Å². The normalized spacial score (nSPS) is 18.1. The molecule has 6 heteroatoms. The van der Waals surface area contributed by atoms with Gasteiger partial charge in [-0.15, -0.1) is 0 Å². The van der Waals surface area contributed by atoms with Crippen molar-refractivity contribution < 1.29 is 13.7 Å². The van der Waals surface area contributed by atoms with Gasteiger partial charge in [-0.25, -0.2) is 9.00 Å².